The van der Waals surface area contributed by atoms with E-state index in [9.17, 15) is 10.2 Å². The molecule has 3 atom stereocenters. The van der Waals surface area contributed by atoms with Gasteiger partial charge in [-0.1, -0.05) is 0 Å². The number of anilines is 1. The minimum absolute atomic E-state index is 0.0870. The second-order valence-corrected chi connectivity index (χ2v) is 6.95. The number of nitrogens with one attached hydrogen (secondary N) is 1. The Morgan fingerprint density at radius 1 is 1.47 bits per heavy atom. The number of hydrogen-bond acceptors (Lipinski definition) is 6. The molecule has 1 aliphatic heterocycles. The third-order valence-corrected chi connectivity index (χ3v) is 6.10. The molecule has 0 aliphatic carbocycles. The van der Waals surface area contributed by atoms with Crippen molar-refractivity contribution >= 4 is 43.5 Å². The molecule has 0 unspecified atom stereocenters. The van der Waals surface area contributed by atoms with Crippen molar-refractivity contribution in [2.75, 3.05) is 12.4 Å². The summed E-state index contributed by atoms with van der Waals surface area (Å²) < 4.78 is 1.78. The summed E-state index contributed by atoms with van der Waals surface area (Å²) >= 11 is 5.98. The molecule has 3 rings (SSSR count). The first-order valence-corrected chi connectivity index (χ1v) is 8.25. The summed E-state index contributed by atoms with van der Waals surface area (Å²) in [5.41, 5.74) is 1.18. The van der Waals surface area contributed by atoms with E-state index >= 15 is 0 Å². The Kier molecular flexibility index (Phi) is 3.36. The van der Waals surface area contributed by atoms with Crippen LogP contribution in [0.3, 0.4) is 0 Å². The van der Waals surface area contributed by atoms with Crippen LogP contribution in [0.2, 0.25) is 10.6 Å². The summed E-state index contributed by atoms with van der Waals surface area (Å²) in [4.78, 5) is 12.3. The molecule has 0 amide bonds. The van der Waals surface area contributed by atoms with E-state index in [1.165, 1.54) is 0 Å². The number of aliphatic hydroxyl groups excluding tert-OH is 2. The number of nitrogens with zero attached hydrogens (tertiary/aromatic N) is 4. The predicted octanol–water partition coefficient (Wildman–Crippen LogP) is -0.122. The maximum absolute atomic E-state index is 10.0. The van der Waals surface area contributed by atoms with Crippen molar-refractivity contribution in [2.45, 2.75) is 22.5 Å². The van der Waals surface area contributed by atoms with Crippen molar-refractivity contribution < 1.29 is 10.2 Å². The summed E-state index contributed by atoms with van der Waals surface area (Å²) in [6.07, 6.45) is 0.150. The van der Waals surface area contributed by atoms with Gasteiger partial charge in [0.15, 0.2) is 0 Å². The van der Waals surface area contributed by atoms with Gasteiger partial charge in [0.05, 0.1) is 0 Å². The Hall–Kier alpha value is -0.921. The Bertz CT molecular complexity index is 621. The Labute approximate surface area is 120 Å². The van der Waals surface area contributed by atoms with E-state index in [1.54, 1.807) is 17.9 Å². The fourth-order valence-corrected chi connectivity index (χ4v) is 4.94. The Morgan fingerprint density at radius 3 is 2.89 bits per heavy atom. The van der Waals surface area contributed by atoms with Gasteiger partial charge < -0.3 is 0 Å². The fraction of sp³-hybridized carbons (Fsp3) is 0.500. The van der Waals surface area contributed by atoms with Crippen LogP contribution in [0.5, 0.6) is 0 Å². The number of hydrogen-bond donors (Lipinski definition) is 3. The molecule has 3 heterocycles. The second kappa shape index (κ2) is 4.88. The summed E-state index contributed by atoms with van der Waals surface area (Å²) in [6, 6.07) is 0. The molecular weight excluding hydrogens is 337 g/mol. The number of imidazole rings is 1. The van der Waals surface area contributed by atoms with E-state index in [-0.39, 0.29) is 25.2 Å². The molecule has 102 valence electrons. The molecule has 0 bridgehead atoms. The number of aliphatic hydroxyl groups is 2. The zero-order chi connectivity index (χ0) is 13.6. The SMILES string of the molecule is CNc1nc(Cl)nc2c1ncn2[C@@H]1[Se]C[C@@H](O)[C@H]1O. The van der Waals surface area contributed by atoms with Gasteiger partial charge in [0.1, 0.15) is 0 Å². The van der Waals surface area contributed by atoms with Crippen molar-refractivity contribution in [1.82, 2.24) is 19.5 Å². The molecule has 0 radical (unpaired) electrons. The van der Waals surface area contributed by atoms with E-state index < -0.39 is 12.2 Å². The quantitative estimate of drug-likeness (QED) is 0.517. The van der Waals surface area contributed by atoms with Crippen molar-refractivity contribution in [2.24, 2.45) is 0 Å². The van der Waals surface area contributed by atoms with E-state index in [4.69, 9.17) is 11.6 Å². The minimum atomic E-state index is -0.788. The summed E-state index contributed by atoms with van der Waals surface area (Å²) in [5.74, 6) is 0.550. The molecular formula is C10H12ClN5O2Se. The van der Waals surface area contributed by atoms with Crippen LogP contribution < -0.4 is 5.32 Å². The van der Waals surface area contributed by atoms with E-state index in [1.807, 2.05) is 0 Å². The molecule has 1 saturated heterocycles. The van der Waals surface area contributed by atoms with Gasteiger partial charge in [0.2, 0.25) is 0 Å². The van der Waals surface area contributed by atoms with Gasteiger partial charge in [-0.25, -0.2) is 0 Å². The number of aromatic nitrogens is 4. The molecule has 2 aromatic rings. The predicted molar refractivity (Wildman–Crippen MR) is 71.5 cm³/mol. The average molecular weight is 349 g/mol. The third kappa shape index (κ3) is 2.09. The standard InChI is InChI=1S/C10H12ClN5O2Se/c1-12-7-5-8(15-10(11)14-7)16(3-13-5)9-6(18)4(17)2-19-9/h3-4,6,9,17-18H,2H2,1H3,(H,12,14,15)/t4-,6-,9-/m1/s1. The van der Waals surface area contributed by atoms with Crippen LogP contribution in [0.15, 0.2) is 6.33 Å². The van der Waals surface area contributed by atoms with Crippen molar-refractivity contribution in [3.8, 4) is 0 Å². The zero-order valence-electron chi connectivity index (χ0n) is 9.99. The summed E-state index contributed by atoms with van der Waals surface area (Å²) in [5, 5.41) is 23.3. The molecule has 0 aromatic carbocycles. The number of rotatable bonds is 2. The molecule has 7 nitrogen and oxygen atoms in total. The van der Waals surface area contributed by atoms with E-state index in [0.29, 0.717) is 22.3 Å². The molecule has 0 spiro atoms. The van der Waals surface area contributed by atoms with Gasteiger partial charge in [-0.2, -0.15) is 0 Å². The van der Waals surface area contributed by atoms with Crippen molar-refractivity contribution in [1.29, 1.82) is 0 Å². The normalized spacial score (nSPS) is 27.1. The topological polar surface area (TPSA) is 96.1 Å². The van der Waals surface area contributed by atoms with E-state index in [2.05, 4.69) is 20.3 Å². The first kappa shape index (κ1) is 13.1. The average Bonchev–Trinajstić information content (AvgIpc) is 2.94. The molecule has 19 heavy (non-hydrogen) atoms. The second-order valence-electron chi connectivity index (χ2n) is 4.20. The molecule has 2 aromatic heterocycles. The van der Waals surface area contributed by atoms with Crippen LogP contribution in [-0.4, -0.2) is 63.9 Å². The molecule has 0 saturated carbocycles. The zero-order valence-corrected chi connectivity index (χ0v) is 12.5. The van der Waals surface area contributed by atoms with Crippen LogP contribution in [0, 0.1) is 0 Å². The monoisotopic (exact) mass is 349 g/mol. The van der Waals surface area contributed by atoms with Gasteiger partial charge in [0.25, 0.3) is 0 Å². The van der Waals surface area contributed by atoms with Crippen LogP contribution in [0.1, 0.15) is 4.94 Å². The van der Waals surface area contributed by atoms with Crippen LogP contribution >= 0.6 is 11.6 Å². The van der Waals surface area contributed by atoms with Crippen LogP contribution in [-0.2, 0) is 0 Å². The van der Waals surface area contributed by atoms with Crippen molar-refractivity contribution in [3.05, 3.63) is 11.6 Å². The van der Waals surface area contributed by atoms with E-state index in [0.717, 1.165) is 0 Å². The first-order valence-electron chi connectivity index (χ1n) is 5.67. The third-order valence-electron chi connectivity index (χ3n) is 3.03. The van der Waals surface area contributed by atoms with Gasteiger partial charge in [0, 0.05) is 0 Å². The van der Waals surface area contributed by atoms with Gasteiger partial charge in [-0.3, -0.25) is 0 Å². The molecule has 1 fully saturated rings. The number of halogens is 1. The first-order chi connectivity index (χ1) is 9.11. The summed E-state index contributed by atoms with van der Waals surface area (Å²) in [7, 11) is 1.73. The fourth-order valence-electron chi connectivity index (χ4n) is 2.08. The Balaban J connectivity index is 2.13. The molecule has 1 aliphatic rings. The van der Waals surface area contributed by atoms with Crippen LogP contribution in [0.4, 0.5) is 5.82 Å². The van der Waals surface area contributed by atoms with Gasteiger partial charge >= 0.3 is 120 Å². The van der Waals surface area contributed by atoms with Gasteiger partial charge in [-0.15, -0.1) is 0 Å². The van der Waals surface area contributed by atoms with Crippen molar-refractivity contribution in [3.63, 3.8) is 0 Å². The summed E-state index contributed by atoms with van der Waals surface area (Å²) in [6.45, 7) is 0. The molecule has 3 N–H and O–H groups in total. The number of fused-ring (bicyclic) bond motifs is 1. The Morgan fingerprint density at radius 2 is 2.26 bits per heavy atom. The van der Waals surface area contributed by atoms with Gasteiger partial charge in [-0.05, 0) is 0 Å². The molecule has 9 heteroatoms. The van der Waals surface area contributed by atoms with Crippen LogP contribution in [0.25, 0.3) is 11.2 Å². The maximum atomic E-state index is 10.0.